The standard InChI is InChI=1S/C23H26N4O2/c1-15-10-16(2)12-17(11-15)13-21(28)24-14-18-8-9-27(18)23(29)22-19-6-4-5-7-20(19)26(3)25-22/h4-7,10-12,18H,8-9,13-14H2,1-3H3,(H,24,28). The van der Waals surface area contributed by atoms with Gasteiger partial charge in [-0.15, -0.1) is 0 Å². The maximum atomic E-state index is 13.0. The summed E-state index contributed by atoms with van der Waals surface area (Å²) in [5, 5.41) is 8.29. The fourth-order valence-corrected chi connectivity index (χ4v) is 4.08. The highest BCUT2D eigenvalue weighted by Gasteiger charge is 2.34. The zero-order valence-electron chi connectivity index (χ0n) is 17.1. The van der Waals surface area contributed by atoms with Gasteiger partial charge in [-0.3, -0.25) is 14.3 Å². The first-order valence-corrected chi connectivity index (χ1v) is 9.99. The molecule has 1 fully saturated rings. The molecule has 29 heavy (non-hydrogen) atoms. The van der Waals surface area contributed by atoms with Gasteiger partial charge in [-0.25, -0.2) is 0 Å². The summed E-state index contributed by atoms with van der Waals surface area (Å²) in [5.74, 6) is -0.0841. The molecule has 0 bridgehead atoms. The number of carbonyl (C=O) groups is 2. The van der Waals surface area contributed by atoms with Gasteiger partial charge in [0.1, 0.15) is 0 Å². The van der Waals surface area contributed by atoms with E-state index in [-0.39, 0.29) is 17.9 Å². The topological polar surface area (TPSA) is 67.2 Å². The van der Waals surface area contributed by atoms with E-state index in [9.17, 15) is 9.59 Å². The number of hydrogen-bond acceptors (Lipinski definition) is 3. The Morgan fingerprint density at radius 1 is 1.14 bits per heavy atom. The molecule has 1 aliphatic rings. The summed E-state index contributed by atoms with van der Waals surface area (Å²) in [6.07, 6.45) is 1.24. The molecule has 2 aromatic carbocycles. The smallest absolute Gasteiger partial charge is 0.275 e. The Kier molecular flexibility index (Phi) is 5.09. The number of rotatable bonds is 5. The third kappa shape index (κ3) is 3.88. The van der Waals surface area contributed by atoms with Crippen LogP contribution in [0.2, 0.25) is 0 Å². The van der Waals surface area contributed by atoms with Gasteiger partial charge in [0.15, 0.2) is 5.69 Å². The molecule has 6 nitrogen and oxygen atoms in total. The van der Waals surface area contributed by atoms with Crippen molar-refractivity contribution >= 4 is 22.7 Å². The predicted molar refractivity (Wildman–Crippen MR) is 113 cm³/mol. The van der Waals surface area contributed by atoms with Gasteiger partial charge in [0.2, 0.25) is 5.91 Å². The molecule has 4 rings (SSSR count). The lowest BCUT2D eigenvalue weighted by Gasteiger charge is -2.40. The van der Waals surface area contributed by atoms with Gasteiger partial charge in [0, 0.05) is 25.5 Å². The van der Waals surface area contributed by atoms with Gasteiger partial charge < -0.3 is 10.2 Å². The number of benzene rings is 2. The van der Waals surface area contributed by atoms with Gasteiger partial charge in [-0.1, -0.05) is 47.5 Å². The molecule has 0 saturated carbocycles. The Hall–Kier alpha value is -3.15. The lowest BCUT2D eigenvalue weighted by Crippen LogP contribution is -2.56. The second kappa shape index (κ2) is 7.70. The fourth-order valence-electron chi connectivity index (χ4n) is 4.08. The highest BCUT2D eigenvalue weighted by molar-refractivity contribution is 6.05. The number of fused-ring (bicyclic) bond motifs is 1. The van der Waals surface area contributed by atoms with Crippen LogP contribution in [0.3, 0.4) is 0 Å². The number of hydrogen-bond donors (Lipinski definition) is 1. The van der Waals surface area contributed by atoms with E-state index in [1.54, 1.807) is 4.68 Å². The summed E-state index contributed by atoms with van der Waals surface area (Å²) in [6.45, 7) is 5.24. The Morgan fingerprint density at radius 2 is 1.86 bits per heavy atom. The molecule has 1 unspecified atom stereocenters. The minimum Gasteiger partial charge on any atom is -0.354 e. The van der Waals surface area contributed by atoms with Crippen LogP contribution in [0, 0.1) is 13.8 Å². The Bertz CT molecular complexity index is 1070. The van der Waals surface area contributed by atoms with E-state index < -0.39 is 0 Å². The number of nitrogens with zero attached hydrogens (tertiary/aromatic N) is 3. The molecule has 0 spiro atoms. The zero-order chi connectivity index (χ0) is 20.5. The van der Waals surface area contributed by atoms with E-state index in [1.165, 1.54) is 0 Å². The van der Waals surface area contributed by atoms with Crippen LogP contribution in [-0.2, 0) is 18.3 Å². The second-order valence-electron chi connectivity index (χ2n) is 7.91. The number of para-hydroxylation sites is 1. The van der Waals surface area contributed by atoms with Crippen LogP contribution in [-0.4, -0.2) is 45.6 Å². The summed E-state index contributed by atoms with van der Waals surface area (Å²) < 4.78 is 1.74. The van der Waals surface area contributed by atoms with Gasteiger partial charge >= 0.3 is 0 Å². The molecular formula is C23H26N4O2. The molecule has 150 valence electrons. The van der Waals surface area contributed by atoms with E-state index in [0.29, 0.717) is 25.2 Å². The highest BCUT2D eigenvalue weighted by atomic mass is 16.2. The van der Waals surface area contributed by atoms with Crippen molar-refractivity contribution in [2.24, 2.45) is 7.05 Å². The van der Waals surface area contributed by atoms with Crippen LogP contribution in [0.5, 0.6) is 0 Å². The third-order valence-electron chi connectivity index (χ3n) is 5.55. The van der Waals surface area contributed by atoms with E-state index in [1.807, 2.05) is 62.2 Å². The summed E-state index contributed by atoms with van der Waals surface area (Å²) in [5.41, 5.74) is 4.75. The van der Waals surface area contributed by atoms with Crippen molar-refractivity contribution in [1.82, 2.24) is 20.0 Å². The third-order valence-corrected chi connectivity index (χ3v) is 5.55. The van der Waals surface area contributed by atoms with E-state index in [2.05, 4.69) is 16.5 Å². The van der Waals surface area contributed by atoms with Crippen molar-refractivity contribution in [3.8, 4) is 0 Å². The average Bonchev–Trinajstić information content (AvgIpc) is 2.97. The van der Waals surface area contributed by atoms with Crippen LogP contribution in [0.25, 0.3) is 10.9 Å². The van der Waals surface area contributed by atoms with E-state index >= 15 is 0 Å². The minimum absolute atomic E-state index is 0.0161. The van der Waals surface area contributed by atoms with Crippen molar-refractivity contribution in [1.29, 1.82) is 0 Å². The molecule has 3 aromatic rings. The highest BCUT2D eigenvalue weighted by Crippen LogP contribution is 2.24. The Labute approximate surface area is 170 Å². The number of amides is 2. The maximum absolute atomic E-state index is 13.0. The molecule has 6 heteroatoms. The van der Waals surface area contributed by atoms with Crippen molar-refractivity contribution < 1.29 is 9.59 Å². The molecule has 1 atom stereocenters. The quantitative estimate of drug-likeness (QED) is 0.728. The molecule has 2 heterocycles. The number of nitrogens with one attached hydrogen (secondary N) is 1. The number of aromatic nitrogens is 2. The van der Waals surface area contributed by atoms with Gasteiger partial charge in [0.25, 0.3) is 5.91 Å². The van der Waals surface area contributed by atoms with E-state index in [0.717, 1.165) is 34.0 Å². The monoisotopic (exact) mass is 390 g/mol. The lowest BCUT2D eigenvalue weighted by molar-refractivity contribution is -0.120. The first-order chi connectivity index (χ1) is 13.9. The predicted octanol–water partition coefficient (Wildman–Crippen LogP) is 2.76. The lowest BCUT2D eigenvalue weighted by atomic mass is 10.0. The molecule has 1 aliphatic heterocycles. The summed E-state index contributed by atoms with van der Waals surface area (Å²) in [6, 6.07) is 13.9. The molecule has 1 N–H and O–H groups in total. The second-order valence-corrected chi connectivity index (χ2v) is 7.91. The van der Waals surface area contributed by atoms with Crippen molar-refractivity contribution in [2.75, 3.05) is 13.1 Å². The Balaban J connectivity index is 1.38. The normalized spacial score (nSPS) is 16.0. The maximum Gasteiger partial charge on any atom is 0.275 e. The molecular weight excluding hydrogens is 364 g/mol. The van der Waals surface area contributed by atoms with Crippen LogP contribution in [0.4, 0.5) is 0 Å². The van der Waals surface area contributed by atoms with E-state index in [4.69, 9.17) is 0 Å². The fraction of sp³-hybridized carbons (Fsp3) is 0.348. The minimum atomic E-state index is -0.0680. The Morgan fingerprint density at radius 3 is 2.55 bits per heavy atom. The van der Waals surface area contributed by atoms with Crippen molar-refractivity contribution in [2.45, 2.75) is 32.7 Å². The van der Waals surface area contributed by atoms with Crippen LogP contribution < -0.4 is 5.32 Å². The van der Waals surface area contributed by atoms with Crippen LogP contribution in [0.15, 0.2) is 42.5 Å². The first-order valence-electron chi connectivity index (χ1n) is 9.99. The molecule has 0 aliphatic carbocycles. The molecule has 1 saturated heterocycles. The van der Waals surface area contributed by atoms with Gasteiger partial charge in [-0.2, -0.15) is 5.10 Å². The summed E-state index contributed by atoms with van der Waals surface area (Å²) >= 11 is 0. The molecule has 2 amide bonds. The summed E-state index contributed by atoms with van der Waals surface area (Å²) in [4.78, 5) is 27.2. The molecule has 1 aromatic heterocycles. The zero-order valence-corrected chi connectivity index (χ0v) is 17.1. The average molecular weight is 390 g/mol. The number of likely N-dealkylation sites (tertiary alicyclic amines) is 1. The number of carbonyl (C=O) groups excluding carboxylic acids is 2. The number of aryl methyl sites for hydroxylation is 3. The van der Waals surface area contributed by atoms with Crippen LogP contribution in [0.1, 0.15) is 33.6 Å². The SMILES string of the molecule is Cc1cc(C)cc(CC(=O)NCC2CCN2C(=O)c2nn(C)c3ccccc23)c1. The van der Waals surface area contributed by atoms with Gasteiger partial charge in [0.05, 0.1) is 18.0 Å². The first kappa shape index (κ1) is 19.2. The van der Waals surface area contributed by atoms with Crippen molar-refractivity contribution in [3.63, 3.8) is 0 Å². The van der Waals surface area contributed by atoms with Gasteiger partial charge in [-0.05, 0) is 31.9 Å². The molecule has 0 radical (unpaired) electrons. The van der Waals surface area contributed by atoms with Crippen LogP contribution >= 0.6 is 0 Å². The largest absolute Gasteiger partial charge is 0.354 e. The summed E-state index contributed by atoms with van der Waals surface area (Å²) in [7, 11) is 1.85. The van der Waals surface area contributed by atoms with Crippen molar-refractivity contribution in [3.05, 3.63) is 64.8 Å².